The van der Waals surface area contributed by atoms with E-state index in [0.29, 0.717) is 17.9 Å². The van der Waals surface area contributed by atoms with Crippen LogP contribution in [0, 0.1) is 11.3 Å². The van der Waals surface area contributed by atoms with Gasteiger partial charge in [-0.25, -0.2) is 4.98 Å². The van der Waals surface area contributed by atoms with Crippen molar-refractivity contribution < 1.29 is 0 Å². The summed E-state index contributed by atoms with van der Waals surface area (Å²) in [4.78, 5) is 11.6. The Morgan fingerprint density at radius 1 is 1.10 bits per heavy atom. The monoisotopic (exact) mass is 402 g/mol. The van der Waals surface area contributed by atoms with Gasteiger partial charge in [0.25, 0.3) is 0 Å². The number of anilines is 3. The maximum absolute atomic E-state index is 8.87. The third kappa shape index (κ3) is 5.17. The maximum atomic E-state index is 8.87. The highest BCUT2D eigenvalue weighted by molar-refractivity contribution is 5.66. The number of aromatic nitrogens is 2. The fraction of sp³-hybridized carbons (Fsp3) is 0.458. The Kier molecular flexibility index (Phi) is 6.60. The first kappa shape index (κ1) is 20.4. The average molecular weight is 403 g/mol. The predicted octanol–water partition coefficient (Wildman–Crippen LogP) is 4.92. The second kappa shape index (κ2) is 9.73. The van der Waals surface area contributed by atoms with Gasteiger partial charge in [0.15, 0.2) is 0 Å². The molecule has 1 saturated heterocycles. The number of piperidine rings is 1. The molecule has 0 amide bonds. The van der Waals surface area contributed by atoms with Crippen molar-refractivity contribution in [2.75, 3.05) is 30.8 Å². The van der Waals surface area contributed by atoms with Crippen LogP contribution < -0.4 is 10.6 Å². The SMILES string of the molecule is CN1CCC(c2ccc(Nc3ncc(C=CC#N)c(NC4CCCC4)n3)cc2)CC1. The lowest BCUT2D eigenvalue weighted by Gasteiger charge is -2.29. The summed E-state index contributed by atoms with van der Waals surface area (Å²) in [6.07, 6.45) is 12.3. The normalized spacial score (nSPS) is 18.5. The molecule has 2 heterocycles. The zero-order valence-electron chi connectivity index (χ0n) is 17.6. The van der Waals surface area contributed by atoms with E-state index in [-0.39, 0.29) is 0 Å². The summed E-state index contributed by atoms with van der Waals surface area (Å²) in [5.41, 5.74) is 3.24. The summed E-state index contributed by atoms with van der Waals surface area (Å²) in [6.45, 7) is 2.34. The van der Waals surface area contributed by atoms with Crippen molar-refractivity contribution in [3.8, 4) is 6.07 Å². The molecular weight excluding hydrogens is 372 g/mol. The number of allylic oxidation sites excluding steroid dienone is 1. The Hall–Kier alpha value is -2.91. The zero-order valence-corrected chi connectivity index (χ0v) is 17.6. The van der Waals surface area contributed by atoms with Gasteiger partial charge >= 0.3 is 0 Å². The van der Waals surface area contributed by atoms with Crippen molar-refractivity contribution in [1.82, 2.24) is 14.9 Å². The Morgan fingerprint density at radius 2 is 1.83 bits per heavy atom. The van der Waals surface area contributed by atoms with Crippen LogP contribution in [0.2, 0.25) is 0 Å². The van der Waals surface area contributed by atoms with E-state index < -0.39 is 0 Å². The minimum atomic E-state index is 0.441. The molecule has 0 bridgehead atoms. The topological polar surface area (TPSA) is 76.9 Å². The predicted molar refractivity (Wildman–Crippen MR) is 122 cm³/mol. The zero-order chi connectivity index (χ0) is 20.8. The number of nitrogens with one attached hydrogen (secondary N) is 2. The van der Waals surface area contributed by atoms with Crippen molar-refractivity contribution in [2.24, 2.45) is 0 Å². The van der Waals surface area contributed by atoms with E-state index in [1.165, 1.54) is 50.4 Å². The van der Waals surface area contributed by atoms with Crippen LogP contribution in [-0.2, 0) is 0 Å². The molecule has 4 rings (SSSR count). The maximum Gasteiger partial charge on any atom is 0.229 e. The number of nitriles is 1. The molecule has 2 aliphatic rings. The van der Waals surface area contributed by atoms with Crippen LogP contribution in [0.25, 0.3) is 6.08 Å². The highest BCUT2D eigenvalue weighted by Gasteiger charge is 2.19. The fourth-order valence-electron chi connectivity index (χ4n) is 4.39. The third-order valence-electron chi connectivity index (χ3n) is 6.21. The summed E-state index contributed by atoms with van der Waals surface area (Å²) in [5, 5.41) is 15.7. The van der Waals surface area contributed by atoms with Crippen LogP contribution in [0.1, 0.15) is 55.6 Å². The number of rotatable bonds is 6. The molecule has 0 spiro atoms. The van der Waals surface area contributed by atoms with Gasteiger partial charge in [-0.15, -0.1) is 0 Å². The highest BCUT2D eigenvalue weighted by atomic mass is 15.1. The van der Waals surface area contributed by atoms with E-state index in [1.807, 2.05) is 6.07 Å². The molecule has 1 aromatic carbocycles. The van der Waals surface area contributed by atoms with Crippen LogP contribution in [-0.4, -0.2) is 41.0 Å². The van der Waals surface area contributed by atoms with Crippen LogP contribution in [0.4, 0.5) is 17.5 Å². The molecule has 0 atom stereocenters. The molecule has 2 fully saturated rings. The van der Waals surface area contributed by atoms with E-state index in [2.05, 4.69) is 51.8 Å². The van der Waals surface area contributed by atoms with Crippen molar-refractivity contribution in [2.45, 2.75) is 50.5 Å². The number of nitrogens with zero attached hydrogens (tertiary/aromatic N) is 4. The van der Waals surface area contributed by atoms with Gasteiger partial charge in [-0.1, -0.05) is 25.0 Å². The molecule has 0 radical (unpaired) electrons. The van der Waals surface area contributed by atoms with Gasteiger partial charge in [0.05, 0.1) is 6.07 Å². The van der Waals surface area contributed by atoms with Gasteiger partial charge in [-0.05, 0) is 75.5 Å². The molecule has 156 valence electrons. The molecule has 30 heavy (non-hydrogen) atoms. The molecule has 6 nitrogen and oxygen atoms in total. The Labute approximate surface area is 179 Å². The Bertz CT molecular complexity index is 900. The second-order valence-electron chi connectivity index (χ2n) is 8.41. The summed E-state index contributed by atoms with van der Waals surface area (Å²) in [5.74, 6) is 2.01. The van der Waals surface area contributed by atoms with E-state index in [9.17, 15) is 0 Å². The van der Waals surface area contributed by atoms with Gasteiger partial charge in [-0.3, -0.25) is 0 Å². The Balaban J connectivity index is 1.46. The first-order valence-corrected chi connectivity index (χ1v) is 11.0. The van der Waals surface area contributed by atoms with Crippen molar-refractivity contribution in [3.63, 3.8) is 0 Å². The molecule has 6 heteroatoms. The van der Waals surface area contributed by atoms with Crippen LogP contribution in [0.3, 0.4) is 0 Å². The van der Waals surface area contributed by atoms with Gasteiger partial charge < -0.3 is 15.5 Å². The van der Waals surface area contributed by atoms with Crippen LogP contribution in [0.15, 0.2) is 36.5 Å². The van der Waals surface area contributed by atoms with E-state index >= 15 is 0 Å². The van der Waals surface area contributed by atoms with Gasteiger partial charge in [-0.2, -0.15) is 10.2 Å². The lowest BCUT2D eigenvalue weighted by Crippen LogP contribution is -2.29. The summed E-state index contributed by atoms with van der Waals surface area (Å²) >= 11 is 0. The molecular formula is C24H30N6. The highest BCUT2D eigenvalue weighted by Crippen LogP contribution is 2.29. The lowest BCUT2D eigenvalue weighted by molar-refractivity contribution is 0.255. The molecule has 1 aliphatic carbocycles. The largest absolute Gasteiger partial charge is 0.367 e. The Morgan fingerprint density at radius 3 is 2.53 bits per heavy atom. The molecule has 1 saturated carbocycles. The average Bonchev–Trinajstić information content (AvgIpc) is 3.28. The molecule has 1 aromatic heterocycles. The van der Waals surface area contributed by atoms with E-state index in [1.54, 1.807) is 12.3 Å². The van der Waals surface area contributed by atoms with Crippen molar-refractivity contribution in [3.05, 3.63) is 47.7 Å². The van der Waals surface area contributed by atoms with Gasteiger partial charge in [0, 0.05) is 29.6 Å². The molecule has 2 aromatic rings. The quantitative estimate of drug-likeness (QED) is 0.668. The molecule has 2 N–H and O–H groups in total. The standard InChI is InChI=1S/C24H30N6/c1-30-15-12-19(13-16-30)18-8-10-22(11-9-18)28-24-26-17-20(5-4-14-25)23(29-24)27-21-6-2-3-7-21/h4-5,8-11,17,19,21H,2-3,6-7,12-13,15-16H2,1H3,(H2,26,27,28,29). The number of hydrogen-bond donors (Lipinski definition) is 2. The van der Waals surface area contributed by atoms with Gasteiger partial charge in [0.1, 0.15) is 5.82 Å². The van der Waals surface area contributed by atoms with E-state index in [0.717, 1.165) is 29.9 Å². The third-order valence-corrected chi connectivity index (χ3v) is 6.21. The first-order valence-electron chi connectivity index (χ1n) is 11.0. The summed E-state index contributed by atoms with van der Waals surface area (Å²) < 4.78 is 0. The van der Waals surface area contributed by atoms with Crippen LogP contribution >= 0.6 is 0 Å². The molecule has 1 aliphatic heterocycles. The first-order chi connectivity index (χ1) is 14.7. The fourth-order valence-corrected chi connectivity index (χ4v) is 4.39. The number of likely N-dealkylation sites (tertiary alicyclic amines) is 1. The van der Waals surface area contributed by atoms with Crippen molar-refractivity contribution >= 4 is 23.5 Å². The van der Waals surface area contributed by atoms with E-state index in [4.69, 9.17) is 10.2 Å². The summed E-state index contributed by atoms with van der Waals surface area (Å²) in [7, 11) is 2.19. The minimum Gasteiger partial charge on any atom is -0.367 e. The number of benzene rings is 1. The minimum absolute atomic E-state index is 0.441. The van der Waals surface area contributed by atoms with Crippen LogP contribution in [0.5, 0.6) is 0 Å². The van der Waals surface area contributed by atoms with Crippen molar-refractivity contribution in [1.29, 1.82) is 5.26 Å². The van der Waals surface area contributed by atoms with Gasteiger partial charge in [0.2, 0.25) is 5.95 Å². The lowest BCUT2D eigenvalue weighted by atomic mass is 9.89. The smallest absolute Gasteiger partial charge is 0.229 e. The molecule has 0 unspecified atom stereocenters. The second-order valence-corrected chi connectivity index (χ2v) is 8.41. The number of hydrogen-bond acceptors (Lipinski definition) is 6. The summed E-state index contributed by atoms with van der Waals surface area (Å²) in [6, 6.07) is 11.2.